The van der Waals surface area contributed by atoms with Crippen LogP contribution in [0.4, 0.5) is 0 Å². The number of carbonyl (C=O) groups is 1. The van der Waals surface area contributed by atoms with Gasteiger partial charge in [0.25, 0.3) is 5.91 Å². The third-order valence-electron chi connectivity index (χ3n) is 3.84. The second-order valence-electron chi connectivity index (χ2n) is 5.81. The van der Waals surface area contributed by atoms with Crippen molar-refractivity contribution in [1.82, 2.24) is 19.9 Å². The van der Waals surface area contributed by atoms with E-state index in [4.69, 9.17) is 0 Å². The SMILES string of the molecule is CC(C)n1cnc2cc(CCNC(=O)c3ccncc3)ccc21. The Labute approximate surface area is 135 Å². The molecule has 0 spiro atoms. The highest BCUT2D eigenvalue weighted by Crippen LogP contribution is 2.18. The van der Waals surface area contributed by atoms with Crippen LogP contribution in [0, 0.1) is 0 Å². The number of aromatic nitrogens is 3. The van der Waals surface area contributed by atoms with Crippen molar-refractivity contribution in [2.45, 2.75) is 26.3 Å². The molecule has 0 aliphatic carbocycles. The highest BCUT2D eigenvalue weighted by molar-refractivity contribution is 5.93. The molecule has 0 saturated carbocycles. The molecule has 2 aromatic heterocycles. The predicted molar refractivity (Wildman–Crippen MR) is 90.4 cm³/mol. The minimum absolute atomic E-state index is 0.0717. The number of hydrogen-bond acceptors (Lipinski definition) is 3. The van der Waals surface area contributed by atoms with E-state index in [1.807, 2.05) is 6.33 Å². The zero-order valence-electron chi connectivity index (χ0n) is 13.4. The maximum atomic E-state index is 12.0. The first-order chi connectivity index (χ1) is 11.1. The summed E-state index contributed by atoms with van der Waals surface area (Å²) in [5.41, 5.74) is 3.94. The first kappa shape index (κ1) is 15.2. The fraction of sp³-hybridized carbons (Fsp3) is 0.278. The van der Waals surface area contributed by atoms with E-state index in [9.17, 15) is 4.79 Å². The Balaban J connectivity index is 1.62. The lowest BCUT2D eigenvalue weighted by Gasteiger charge is -2.08. The fourth-order valence-corrected chi connectivity index (χ4v) is 2.57. The first-order valence-corrected chi connectivity index (χ1v) is 7.79. The van der Waals surface area contributed by atoms with E-state index in [2.05, 4.69) is 51.9 Å². The Morgan fingerprint density at radius 1 is 1.22 bits per heavy atom. The highest BCUT2D eigenvalue weighted by atomic mass is 16.1. The number of hydrogen-bond donors (Lipinski definition) is 1. The second kappa shape index (κ2) is 6.60. The van der Waals surface area contributed by atoms with Crippen molar-refractivity contribution in [3.63, 3.8) is 0 Å². The number of nitrogens with zero attached hydrogens (tertiary/aromatic N) is 3. The van der Waals surface area contributed by atoms with Crippen LogP contribution in [0.25, 0.3) is 11.0 Å². The van der Waals surface area contributed by atoms with E-state index in [0.717, 1.165) is 17.5 Å². The zero-order chi connectivity index (χ0) is 16.2. The molecule has 2 heterocycles. The number of fused-ring (bicyclic) bond motifs is 1. The number of nitrogens with one attached hydrogen (secondary N) is 1. The van der Waals surface area contributed by atoms with Crippen LogP contribution in [0.15, 0.2) is 49.1 Å². The molecule has 1 amide bonds. The van der Waals surface area contributed by atoms with Crippen LogP contribution in [0.5, 0.6) is 0 Å². The van der Waals surface area contributed by atoms with E-state index in [0.29, 0.717) is 18.2 Å². The molecule has 23 heavy (non-hydrogen) atoms. The Morgan fingerprint density at radius 3 is 2.74 bits per heavy atom. The average Bonchev–Trinajstić information content (AvgIpc) is 2.99. The van der Waals surface area contributed by atoms with Gasteiger partial charge in [-0.25, -0.2) is 4.98 Å². The summed E-state index contributed by atoms with van der Waals surface area (Å²) < 4.78 is 2.16. The summed E-state index contributed by atoms with van der Waals surface area (Å²) in [5.74, 6) is -0.0717. The molecule has 3 rings (SSSR count). The Hall–Kier alpha value is -2.69. The third kappa shape index (κ3) is 3.39. The monoisotopic (exact) mass is 308 g/mol. The normalized spacial score (nSPS) is 11.1. The number of carbonyl (C=O) groups excluding carboxylic acids is 1. The minimum Gasteiger partial charge on any atom is -0.352 e. The van der Waals surface area contributed by atoms with Crippen LogP contribution in [0.3, 0.4) is 0 Å². The minimum atomic E-state index is -0.0717. The molecule has 0 unspecified atom stereocenters. The van der Waals surface area contributed by atoms with Crippen LogP contribution < -0.4 is 5.32 Å². The largest absolute Gasteiger partial charge is 0.352 e. The summed E-state index contributed by atoms with van der Waals surface area (Å²) in [7, 11) is 0. The van der Waals surface area contributed by atoms with E-state index in [1.54, 1.807) is 24.5 Å². The predicted octanol–water partition coefficient (Wildman–Crippen LogP) is 2.98. The summed E-state index contributed by atoms with van der Waals surface area (Å²) in [6.45, 7) is 4.88. The number of amides is 1. The molecule has 3 aromatic rings. The molecule has 0 radical (unpaired) electrons. The number of pyridine rings is 1. The van der Waals surface area contributed by atoms with Gasteiger partial charge in [-0.2, -0.15) is 0 Å². The average molecular weight is 308 g/mol. The van der Waals surface area contributed by atoms with E-state index >= 15 is 0 Å². The van der Waals surface area contributed by atoms with Crippen LogP contribution >= 0.6 is 0 Å². The van der Waals surface area contributed by atoms with Gasteiger partial charge >= 0.3 is 0 Å². The van der Waals surface area contributed by atoms with Gasteiger partial charge in [0.15, 0.2) is 0 Å². The van der Waals surface area contributed by atoms with E-state index in [-0.39, 0.29) is 5.91 Å². The Morgan fingerprint density at radius 2 is 2.00 bits per heavy atom. The third-order valence-corrected chi connectivity index (χ3v) is 3.84. The number of benzene rings is 1. The van der Waals surface area contributed by atoms with Crippen molar-refractivity contribution in [2.24, 2.45) is 0 Å². The second-order valence-corrected chi connectivity index (χ2v) is 5.81. The van der Waals surface area contributed by atoms with Crippen LogP contribution in [0.2, 0.25) is 0 Å². The Bertz CT molecular complexity index is 808. The summed E-state index contributed by atoms with van der Waals surface area (Å²) in [4.78, 5) is 20.3. The van der Waals surface area contributed by atoms with Gasteiger partial charge in [0.2, 0.25) is 0 Å². The molecule has 5 heteroatoms. The summed E-state index contributed by atoms with van der Waals surface area (Å²) in [5, 5.41) is 2.93. The molecule has 0 bridgehead atoms. The first-order valence-electron chi connectivity index (χ1n) is 7.79. The van der Waals surface area contributed by atoms with Gasteiger partial charge in [-0.05, 0) is 50.1 Å². The van der Waals surface area contributed by atoms with Gasteiger partial charge in [-0.15, -0.1) is 0 Å². The molecular weight excluding hydrogens is 288 g/mol. The van der Waals surface area contributed by atoms with Gasteiger partial charge in [0.05, 0.1) is 17.4 Å². The van der Waals surface area contributed by atoms with Crippen LogP contribution in [-0.2, 0) is 6.42 Å². The van der Waals surface area contributed by atoms with Gasteiger partial charge in [0.1, 0.15) is 0 Å². The van der Waals surface area contributed by atoms with Gasteiger partial charge in [-0.3, -0.25) is 9.78 Å². The smallest absolute Gasteiger partial charge is 0.251 e. The quantitative estimate of drug-likeness (QED) is 0.788. The van der Waals surface area contributed by atoms with Crippen molar-refractivity contribution in [3.8, 4) is 0 Å². The highest BCUT2D eigenvalue weighted by Gasteiger charge is 2.07. The lowest BCUT2D eigenvalue weighted by Crippen LogP contribution is -2.25. The van der Waals surface area contributed by atoms with Crippen LogP contribution in [-0.4, -0.2) is 27.0 Å². The standard InChI is InChI=1S/C18H20N4O/c1-13(2)22-12-21-16-11-14(3-4-17(16)22)5-10-20-18(23)15-6-8-19-9-7-15/h3-4,6-9,11-13H,5,10H2,1-2H3,(H,20,23). The van der Waals surface area contributed by atoms with Crippen molar-refractivity contribution in [1.29, 1.82) is 0 Å². The maximum absolute atomic E-state index is 12.0. The van der Waals surface area contributed by atoms with E-state index in [1.165, 1.54) is 5.56 Å². The summed E-state index contributed by atoms with van der Waals surface area (Å²) >= 11 is 0. The zero-order valence-corrected chi connectivity index (χ0v) is 13.4. The maximum Gasteiger partial charge on any atom is 0.251 e. The molecular formula is C18H20N4O. The molecule has 0 saturated heterocycles. The molecule has 0 aliphatic rings. The number of rotatable bonds is 5. The molecule has 118 valence electrons. The van der Waals surface area contributed by atoms with Gasteiger partial charge in [0, 0.05) is 30.5 Å². The summed E-state index contributed by atoms with van der Waals surface area (Å²) in [6.07, 6.45) is 5.90. The van der Waals surface area contributed by atoms with Gasteiger partial charge in [-0.1, -0.05) is 6.07 Å². The van der Waals surface area contributed by atoms with Crippen LogP contribution in [0.1, 0.15) is 35.8 Å². The number of imidazole rings is 1. The molecule has 1 N–H and O–H groups in total. The summed E-state index contributed by atoms with van der Waals surface area (Å²) in [6, 6.07) is 10.1. The lowest BCUT2D eigenvalue weighted by atomic mass is 10.1. The van der Waals surface area contributed by atoms with Crippen molar-refractivity contribution in [2.75, 3.05) is 6.54 Å². The topological polar surface area (TPSA) is 59.8 Å². The van der Waals surface area contributed by atoms with E-state index < -0.39 is 0 Å². The van der Waals surface area contributed by atoms with Crippen molar-refractivity contribution < 1.29 is 4.79 Å². The fourth-order valence-electron chi connectivity index (χ4n) is 2.57. The van der Waals surface area contributed by atoms with Crippen molar-refractivity contribution in [3.05, 3.63) is 60.2 Å². The molecule has 0 atom stereocenters. The molecule has 5 nitrogen and oxygen atoms in total. The van der Waals surface area contributed by atoms with Crippen molar-refractivity contribution >= 4 is 16.9 Å². The van der Waals surface area contributed by atoms with Gasteiger partial charge < -0.3 is 9.88 Å². The Kier molecular flexibility index (Phi) is 4.37. The molecule has 0 fully saturated rings. The molecule has 1 aromatic carbocycles. The molecule has 0 aliphatic heterocycles. The lowest BCUT2D eigenvalue weighted by molar-refractivity contribution is 0.0954.